The van der Waals surface area contributed by atoms with E-state index >= 15 is 0 Å². The maximum atomic E-state index is 10.8. The number of hydrogen-bond acceptors (Lipinski definition) is 3. The van der Waals surface area contributed by atoms with Gasteiger partial charge in [0.25, 0.3) is 0 Å². The van der Waals surface area contributed by atoms with Crippen molar-refractivity contribution in [1.29, 1.82) is 5.26 Å². The molecule has 0 aliphatic carbocycles. The first kappa shape index (κ1) is 8.57. The Morgan fingerprint density at radius 2 is 2.33 bits per heavy atom. The summed E-state index contributed by atoms with van der Waals surface area (Å²) in [4.78, 5) is 10.8. The van der Waals surface area contributed by atoms with Gasteiger partial charge in [0.2, 0.25) is 0 Å². The van der Waals surface area contributed by atoms with Gasteiger partial charge in [0.1, 0.15) is 11.9 Å². The number of benzene rings is 1. The van der Waals surface area contributed by atoms with E-state index in [0.717, 1.165) is 0 Å². The van der Waals surface area contributed by atoms with Gasteiger partial charge in [0, 0.05) is 0 Å². The maximum Gasteiger partial charge on any atom is 0.356 e. The number of nitrogens with zero attached hydrogens (tertiary/aromatic N) is 1. The van der Waals surface area contributed by atoms with Crippen molar-refractivity contribution in [3.8, 4) is 6.07 Å². The lowest BCUT2D eigenvalue weighted by molar-refractivity contribution is 0.0751. The molecule has 0 amide bonds. The smallest absolute Gasteiger partial charge is 0.343 e. The Morgan fingerprint density at radius 1 is 1.58 bits per heavy atom. The second kappa shape index (κ2) is 3.74. The molecule has 0 saturated carbocycles. The zero-order chi connectivity index (χ0) is 8.97. The summed E-state index contributed by atoms with van der Waals surface area (Å²) in [5, 5.41) is 8.48. The van der Waals surface area contributed by atoms with Crippen LogP contribution in [0.25, 0.3) is 0 Å². The molecule has 0 unspecified atom stereocenters. The number of carbonyl (C=O) groups is 1. The van der Waals surface area contributed by atoms with Crippen molar-refractivity contribution in [1.82, 2.24) is 0 Å². The van der Waals surface area contributed by atoms with Gasteiger partial charge in [-0.2, -0.15) is 5.26 Å². The fourth-order valence-electron chi connectivity index (χ4n) is 0.760. The zero-order valence-corrected chi connectivity index (χ0v) is 6.71. The van der Waals surface area contributed by atoms with E-state index in [4.69, 9.17) is 17.1 Å². The first-order valence-electron chi connectivity index (χ1n) is 3.11. The van der Waals surface area contributed by atoms with E-state index < -0.39 is 5.97 Å². The monoisotopic (exact) mass is 181 g/mol. The molecule has 0 spiro atoms. The van der Waals surface area contributed by atoms with Crippen molar-refractivity contribution in [3.63, 3.8) is 0 Å². The van der Waals surface area contributed by atoms with Crippen molar-refractivity contribution in [2.45, 2.75) is 0 Å². The molecule has 0 heterocycles. The first-order valence-corrected chi connectivity index (χ1v) is 3.42. The number of hydrogen-bond donors (Lipinski definition) is 0. The van der Waals surface area contributed by atoms with E-state index in [1.807, 2.05) is 6.07 Å². The summed E-state index contributed by atoms with van der Waals surface area (Å²) in [7, 11) is 0. The second-order valence-electron chi connectivity index (χ2n) is 2.06. The quantitative estimate of drug-likeness (QED) is 0.665. The maximum absolute atomic E-state index is 10.8. The number of carbonyl (C=O) groups excluding carboxylic acids is 1. The number of nitriles is 1. The van der Waals surface area contributed by atoms with Crippen LogP contribution in [-0.2, 0) is 4.29 Å². The van der Waals surface area contributed by atoms with Crippen LogP contribution in [0.1, 0.15) is 15.9 Å². The fourth-order valence-corrected chi connectivity index (χ4v) is 0.849. The van der Waals surface area contributed by atoms with E-state index in [2.05, 4.69) is 4.29 Å². The largest absolute Gasteiger partial charge is 0.356 e. The highest BCUT2D eigenvalue weighted by atomic mass is 35.5. The minimum Gasteiger partial charge on any atom is -0.343 e. The summed E-state index contributed by atoms with van der Waals surface area (Å²) in [5.41, 5.74) is 0.665. The SMILES string of the molecule is N#Cc1cccc(C(=O)OCl)c1. The molecule has 1 aromatic carbocycles. The van der Waals surface area contributed by atoms with Gasteiger partial charge in [0.15, 0.2) is 0 Å². The van der Waals surface area contributed by atoms with Crippen LogP contribution < -0.4 is 0 Å². The third-order valence-electron chi connectivity index (χ3n) is 1.30. The molecule has 1 rings (SSSR count). The van der Waals surface area contributed by atoms with E-state index in [9.17, 15) is 4.79 Å². The molecule has 0 fully saturated rings. The van der Waals surface area contributed by atoms with E-state index in [0.29, 0.717) is 5.56 Å². The Kier molecular flexibility index (Phi) is 2.67. The molecule has 0 aromatic heterocycles. The predicted molar refractivity (Wildman–Crippen MR) is 42.4 cm³/mol. The van der Waals surface area contributed by atoms with E-state index in [1.54, 1.807) is 12.1 Å². The highest BCUT2D eigenvalue weighted by Crippen LogP contribution is 2.06. The van der Waals surface area contributed by atoms with Crippen molar-refractivity contribution in [3.05, 3.63) is 35.4 Å². The molecule has 0 N–H and O–H groups in total. The Balaban J connectivity index is 3.04. The van der Waals surface area contributed by atoms with Gasteiger partial charge < -0.3 is 4.29 Å². The van der Waals surface area contributed by atoms with Crippen LogP contribution in [0.2, 0.25) is 0 Å². The summed E-state index contributed by atoms with van der Waals surface area (Å²) in [6.07, 6.45) is 0. The number of halogens is 1. The van der Waals surface area contributed by atoms with Gasteiger partial charge in [0.05, 0.1) is 17.2 Å². The van der Waals surface area contributed by atoms with Crippen molar-refractivity contribution in [2.75, 3.05) is 0 Å². The summed E-state index contributed by atoms with van der Waals surface area (Å²) in [6.45, 7) is 0. The van der Waals surface area contributed by atoms with Crippen molar-refractivity contribution >= 4 is 17.8 Å². The molecule has 0 atom stereocenters. The van der Waals surface area contributed by atoms with Gasteiger partial charge >= 0.3 is 5.97 Å². The molecular weight excluding hydrogens is 178 g/mol. The minimum absolute atomic E-state index is 0.268. The van der Waals surface area contributed by atoms with Crippen LogP contribution in [0.3, 0.4) is 0 Å². The first-order chi connectivity index (χ1) is 5.77. The molecule has 60 valence electrons. The van der Waals surface area contributed by atoms with Crippen LogP contribution in [0.15, 0.2) is 24.3 Å². The summed E-state index contributed by atoms with van der Waals surface area (Å²) < 4.78 is 3.96. The van der Waals surface area contributed by atoms with Crippen LogP contribution >= 0.6 is 11.9 Å². The highest BCUT2D eigenvalue weighted by molar-refractivity contribution is 6.15. The molecule has 4 heteroatoms. The molecule has 0 saturated heterocycles. The second-order valence-corrected chi connectivity index (χ2v) is 2.21. The van der Waals surface area contributed by atoms with E-state index in [-0.39, 0.29) is 5.56 Å². The molecule has 0 bridgehead atoms. The standard InChI is InChI=1S/C8H4ClNO2/c9-12-8(11)7-3-1-2-6(4-7)5-10/h1-4H. The predicted octanol–water partition coefficient (Wildman–Crippen LogP) is 1.87. The Hall–Kier alpha value is -1.53. The van der Waals surface area contributed by atoms with Crippen LogP contribution in [-0.4, -0.2) is 5.97 Å². The van der Waals surface area contributed by atoms with Crippen molar-refractivity contribution in [2.24, 2.45) is 0 Å². The van der Waals surface area contributed by atoms with E-state index in [1.165, 1.54) is 12.1 Å². The third-order valence-corrected chi connectivity index (χ3v) is 1.44. The Bertz CT molecular complexity index is 343. The van der Waals surface area contributed by atoms with Crippen molar-refractivity contribution < 1.29 is 9.08 Å². The van der Waals surface area contributed by atoms with Gasteiger partial charge in [-0.05, 0) is 18.2 Å². The van der Waals surface area contributed by atoms with Gasteiger partial charge in [-0.3, -0.25) is 0 Å². The van der Waals surface area contributed by atoms with Gasteiger partial charge in [-0.15, -0.1) is 0 Å². The molecule has 12 heavy (non-hydrogen) atoms. The Morgan fingerprint density at radius 3 is 2.92 bits per heavy atom. The van der Waals surface area contributed by atoms with Gasteiger partial charge in [-0.25, -0.2) is 4.79 Å². The molecule has 0 aliphatic rings. The minimum atomic E-state index is -0.659. The van der Waals surface area contributed by atoms with Crippen LogP contribution in [0.4, 0.5) is 0 Å². The molecule has 0 aliphatic heterocycles. The Labute approximate surface area is 74.3 Å². The summed E-state index contributed by atoms with van der Waals surface area (Å²) in [6, 6.07) is 8.00. The third kappa shape index (κ3) is 1.74. The van der Waals surface area contributed by atoms with Crippen LogP contribution in [0, 0.1) is 11.3 Å². The lowest BCUT2D eigenvalue weighted by Crippen LogP contribution is -1.97. The number of rotatable bonds is 1. The summed E-state index contributed by atoms with van der Waals surface area (Å²) in [5.74, 6) is -0.659. The highest BCUT2D eigenvalue weighted by Gasteiger charge is 2.05. The normalized spacial score (nSPS) is 8.67. The van der Waals surface area contributed by atoms with Gasteiger partial charge in [-0.1, -0.05) is 6.07 Å². The molecular formula is C8H4ClNO2. The topological polar surface area (TPSA) is 50.1 Å². The lowest BCUT2D eigenvalue weighted by atomic mass is 10.1. The average molecular weight is 182 g/mol. The van der Waals surface area contributed by atoms with Crippen LogP contribution in [0.5, 0.6) is 0 Å². The summed E-state index contributed by atoms with van der Waals surface area (Å²) >= 11 is 4.85. The average Bonchev–Trinajstić information content (AvgIpc) is 2.17. The lowest BCUT2D eigenvalue weighted by Gasteiger charge is -1.94. The zero-order valence-electron chi connectivity index (χ0n) is 5.95. The molecule has 0 radical (unpaired) electrons. The molecule has 3 nitrogen and oxygen atoms in total. The fraction of sp³-hybridized carbons (Fsp3) is 0. The molecule has 1 aromatic rings.